The fourth-order valence-corrected chi connectivity index (χ4v) is 2.93. The van der Waals surface area contributed by atoms with Crippen LogP contribution in [0.5, 0.6) is 0 Å². The number of nitrogens with one attached hydrogen (secondary N) is 1. The first-order valence-electron chi connectivity index (χ1n) is 8.79. The van der Waals surface area contributed by atoms with Gasteiger partial charge < -0.3 is 15.2 Å². The van der Waals surface area contributed by atoms with E-state index in [1.165, 1.54) is 0 Å². The van der Waals surface area contributed by atoms with Crippen molar-refractivity contribution in [1.29, 1.82) is 0 Å². The van der Waals surface area contributed by atoms with Crippen LogP contribution in [0.15, 0.2) is 36.7 Å². The number of ether oxygens (including phenoxy) is 1. The number of benzene rings is 1. The van der Waals surface area contributed by atoms with E-state index in [0.717, 1.165) is 22.3 Å². The number of carboxylic acid groups (broad SMARTS) is 1. The third kappa shape index (κ3) is 5.81. The van der Waals surface area contributed by atoms with Crippen molar-refractivity contribution in [3.63, 3.8) is 0 Å². The van der Waals surface area contributed by atoms with E-state index in [9.17, 15) is 14.7 Å². The second-order valence-corrected chi connectivity index (χ2v) is 7.57. The third-order valence-electron chi connectivity index (χ3n) is 4.00. The van der Waals surface area contributed by atoms with Crippen molar-refractivity contribution in [3.05, 3.63) is 53.3 Å². The molecule has 27 heavy (non-hydrogen) atoms. The molecular formula is C21H26N2O4. The molecule has 0 aliphatic carbocycles. The summed E-state index contributed by atoms with van der Waals surface area (Å²) in [6.45, 7) is 9.29. The van der Waals surface area contributed by atoms with Crippen molar-refractivity contribution in [3.8, 4) is 11.1 Å². The van der Waals surface area contributed by atoms with Crippen molar-refractivity contribution in [1.82, 2.24) is 10.3 Å². The number of hydrogen-bond donors (Lipinski definition) is 2. The molecule has 0 spiro atoms. The predicted molar refractivity (Wildman–Crippen MR) is 104 cm³/mol. The van der Waals surface area contributed by atoms with Gasteiger partial charge in [0.25, 0.3) is 0 Å². The van der Waals surface area contributed by atoms with Gasteiger partial charge in [-0.3, -0.25) is 9.78 Å². The Hall–Kier alpha value is -2.89. The lowest BCUT2D eigenvalue weighted by Gasteiger charge is -2.23. The van der Waals surface area contributed by atoms with Gasteiger partial charge in [-0.25, -0.2) is 4.79 Å². The molecule has 6 nitrogen and oxygen atoms in total. The lowest BCUT2D eigenvalue weighted by Crippen LogP contribution is -2.35. The van der Waals surface area contributed by atoms with Crippen molar-refractivity contribution >= 4 is 12.1 Å². The van der Waals surface area contributed by atoms with Crippen LogP contribution in [0, 0.1) is 13.8 Å². The molecule has 0 saturated heterocycles. The largest absolute Gasteiger partial charge is 0.481 e. The first kappa shape index (κ1) is 20.4. The van der Waals surface area contributed by atoms with Gasteiger partial charge in [-0.1, -0.05) is 18.2 Å². The fraction of sp³-hybridized carbons (Fsp3) is 0.381. The first-order chi connectivity index (χ1) is 12.6. The summed E-state index contributed by atoms with van der Waals surface area (Å²) in [7, 11) is 0. The molecule has 1 aromatic heterocycles. The smallest absolute Gasteiger partial charge is 0.408 e. The number of pyridine rings is 1. The summed E-state index contributed by atoms with van der Waals surface area (Å²) >= 11 is 0. The van der Waals surface area contributed by atoms with Crippen LogP contribution in [0.2, 0.25) is 0 Å². The predicted octanol–water partition coefficient (Wildman–Crippen LogP) is 4.41. The molecule has 6 heteroatoms. The average molecular weight is 370 g/mol. The highest BCUT2D eigenvalue weighted by atomic mass is 16.6. The third-order valence-corrected chi connectivity index (χ3v) is 4.00. The number of alkyl carbamates (subject to hydrolysis) is 1. The van der Waals surface area contributed by atoms with Crippen molar-refractivity contribution in [2.24, 2.45) is 0 Å². The highest BCUT2D eigenvalue weighted by molar-refractivity contribution is 5.74. The standard InChI is InChI=1S/C21H26N2O4/c1-13-7-6-8-14(2)19(13)16-9-15(11-22-12-16)17(10-18(24)25)23-20(26)27-21(3,4)5/h6-9,11-12,17H,10H2,1-5H3,(H,23,26)(H,24,25)/t17-/m0/s1. The van der Waals surface area contributed by atoms with E-state index in [1.807, 2.05) is 38.1 Å². The molecule has 0 radical (unpaired) electrons. The summed E-state index contributed by atoms with van der Waals surface area (Å²) in [5, 5.41) is 11.9. The molecule has 0 saturated carbocycles. The number of carbonyl (C=O) groups is 2. The molecule has 2 aromatic rings. The Balaban J connectivity index is 2.36. The van der Waals surface area contributed by atoms with Crippen LogP contribution >= 0.6 is 0 Å². The summed E-state index contributed by atoms with van der Waals surface area (Å²) in [5.41, 5.74) is 4.08. The van der Waals surface area contributed by atoms with E-state index in [-0.39, 0.29) is 6.42 Å². The van der Waals surface area contributed by atoms with Crippen LogP contribution in [0.1, 0.15) is 49.9 Å². The zero-order chi connectivity index (χ0) is 20.2. The van der Waals surface area contributed by atoms with E-state index >= 15 is 0 Å². The maximum atomic E-state index is 12.1. The molecule has 144 valence electrons. The van der Waals surface area contributed by atoms with E-state index in [2.05, 4.69) is 10.3 Å². The Labute approximate surface area is 159 Å². The van der Waals surface area contributed by atoms with Gasteiger partial charge in [0.1, 0.15) is 5.60 Å². The summed E-state index contributed by atoms with van der Waals surface area (Å²) < 4.78 is 5.26. The molecule has 0 aliphatic heterocycles. The van der Waals surface area contributed by atoms with Gasteiger partial charge in [-0.05, 0) is 62.9 Å². The monoisotopic (exact) mass is 370 g/mol. The number of rotatable bonds is 5. The zero-order valence-corrected chi connectivity index (χ0v) is 16.4. The van der Waals surface area contributed by atoms with Gasteiger partial charge in [0, 0.05) is 18.0 Å². The van der Waals surface area contributed by atoms with Gasteiger partial charge in [0.05, 0.1) is 12.5 Å². The lowest BCUT2D eigenvalue weighted by atomic mass is 9.94. The van der Waals surface area contributed by atoms with Crippen molar-refractivity contribution < 1.29 is 19.4 Å². The van der Waals surface area contributed by atoms with Crippen molar-refractivity contribution in [2.45, 2.75) is 52.7 Å². The molecule has 0 aliphatic rings. The van der Waals surface area contributed by atoms with E-state index in [4.69, 9.17) is 4.74 Å². The number of aromatic nitrogens is 1. The quantitative estimate of drug-likeness (QED) is 0.814. The molecule has 0 unspecified atom stereocenters. The summed E-state index contributed by atoms with van der Waals surface area (Å²) in [6, 6.07) is 7.15. The number of carbonyl (C=O) groups excluding carboxylic acids is 1. The maximum Gasteiger partial charge on any atom is 0.408 e. The molecule has 1 atom stereocenters. The van der Waals surface area contributed by atoms with Gasteiger partial charge in [0.15, 0.2) is 0 Å². The van der Waals surface area contributed by atoms with E-state index < -0.39 is 23.7 Å². The number of aryl methyl sites for hydroxylation is 2. The number of nitrogens with zero attached hydrogens (tertiary/aromatic N) is 1. The Morgan fingerprint density at radius 3 is 2.37 bits per heavy atom. The number of carboxylic acids is 1. The van der Waals surface area contributed by atoms with E-state index in [0.29, 0.717) is 5.56 Å². The minimum atomic E-state index is -1.02. The van der Waals surface area contributed by atoms with Crippen LogP contribution in [-0.2, 0) is 9.53 Å². The van der Waals surface area contributed by atoms with Crippen LogP contribution in [-0.4, -0.2) is 27.8 Å². The topological polar surface area (TPSA) is 88.5 Å². The van der Waals surface area contributed by atoms with Crippen molar-refractivity contribution in [2.75, 3.05) is 0 Å². The Morgan fingerprint density at radius 1 is 1.19 bits per heavy atom. The molecule has 1 heterocycles. The Kier molecular flexibility index (Phi) is 6.20. The summed E-state index contributed by atoms with van der Waals surface area (Å²) in [6.07, 6.45) is 2.38. The van der Waals surface area contributed by atoms with Crippen LogP contribution < -0.4 is 5.32 Å². The Bertz CT molecular complexity index is 820. The van der Waals surface area contributed by atoms with Crippen LogP contribution in [0.3, 0.4) is 0 Å². The van der Waals surface area contributed by atoms with Gasteiger partial charge in [-0.15, -0.1) is 0 Å². The lowest BCUT2D eigenvalue weighted by molar-refractivity contribution is -0.137. The highest BCUT2D eigenvalue weighted by Crippen LogP contribution is 2.29. The van der Waals surface area contributed by atoms with Gasteiger partial charge in [-0.2, -0.15) is 0 Å². The number of amides is 1. The fourth-order valence-electron chi connectivity index (χ4n) is 2.93. The van der Waals surface area contributed by atoms with Crippen LogP contribution in [0.25, 0.3) is 11.1 Å². The van der Waals surface area contributed by atoms with Gasteiger partial charge in [0.2, 0.25) is 0 Å². The first-order valence-corrected chi connectivity index (χ1v) is 8.79. The normalized spacial score (nSPS) is 12.3. The summed E-state index contributed by atoms with van der Waals surface area (Å²) in [5.74, 6) is -1.02. The summed E-state index contributed by atoms with van der Waals surface area (Å²) in [4.78, 5) is 27.7. The average Bonchev–Trinajstić information content (AvgIpc) is 2.52. The molecule has 1 aromatic carbocycles. The maximum absolute atomic E-state index is 12.1. The molecule has 2 N–H and O–H groups in total. The number of aliphatic carboxylic acids is 1. The second kappa shape index (κ2) is 8.20. The molecule has 0 bridgehead atoms. The van der Waals surface area contributed by atoms with E-state index in [1.54, 1.807) is 33.2 Å². The number of hydrogen-bond acceptors (Lipinski definition) is 4. The molecule has 0 fully saturated rings. The SMILES string of the molecule is Cc1cccc(C)c1-c1cncc([C@H](CC(=O)O)NC(=O)OC(C)(C)C)c1. The van der Waals surface area contributed by atoms with Crippen LogP contribution in [0.4, 0.5) is 4.79 Å². The molecular weight excluding hydrogens is 344 g/mol. The van der Waals surface area contributed by atoms with Gasteiger partial charge >= 0.3 is 12.1 Å². The Morgan fingerprint density at radius 2 is 1.81 bits per heavy atom. The molecule has 1 amide bonds. The molecule has 2 rings (SSSR count). The highest BCUT2D eigenvalue weighted by Gasteiger charge is 2.23. The second-order valence-electron chi connectivity index (χ2n) is 7.57. The minimum Gasteiger partial charge on any atom is -0.481 e. The minimum absolute atomic E-state index is 0.267. The zero-order valence-electron chi connectivity index (χ0n) is 16.4.